The van der Waals surface area contributed by atoms with E-state index in [1.54, 1.807) is 16.9 Å². The summed E-state index contributed by atoms with van der Waals surface area (Å²) in [7, 11) is 0. The van der Waals surface area contributed by atoms with E-state index < -0.39 is 6.08 Å². The minimum absolute atomic E-state index is 0.169. The zero-order chi connectivity index (χ0) is 16.3. The summed E-state index contributed by atoms with van der Waals surface area (Å²) < 4.78 is 25.2. The molecule has 5 heteroatoms. The highest BCUT2D eigenvalue weighted by atomic mass is 19.3. The minimum Gasteiger partial charge on any atom is -0.237 e. The van der Waals surface area contributed by atoms with E-state index in [1.807, 2.05) is 39.1 Å². The fourth-order valence-electron chi connectivity index (χ4n) is 1.26. The molecule has 0 saturated heterocycles. The standard InChI is InChI=1S/C8H12F2.C6H5N3.C2H6/c1-6(2)4-5-7(3)8(9)10;1-3-7-6-2-4-8-9(6)5-1;1-2/h1,4-5H2,2-3H3;1-5H;1-2H3. The number of hydrogen-bond acceptors (Lipinski definition) is 2. The second kappa shape index (κ2) is 10.7. The molecule has 0 aliphatic rings. The molecular formula is C16H23F2N3. The number of rotatable bonds is 3. The van der Waals surface area contributed by atoms with Gasteiger partial charge in [-0.15, -0.1) is 6.58 Å². The van der Waals surface area contributed by atoms with Gasteiger partial charge in [0.1, 0.15) is 0 Å². The van der Waals surface area contributed by atoms with E-state index >= 15 is 0 Å². The SMILES string of the molecule is C=C(C)CCC(C)=C(F)F.CC.c1cnc2ccnn2c1. The van der Waals surface area contributed by atoms with Crippen LogP contribution in [0.25, 0.3) is 5.65 Å². The summed E-state index contributed by atoms with van der Waals surface area (Å²) in [6, 6.07) is 3.71. The molecule has 0 amide bonds. The Bertz CT molecular complexity index is 539. The zero-order valence-corrected chi connectivity index (χ0v) is 13.1. The molecule has 2 aromatic heterocycles. The van der Waals surface area contributed by atoms with Crippen molar-refractivity contribution in [2.75, 3.05) is 0 Å². The first-order chi connectivity index (χ1) is 10.0. The maximum atomic E-state index is 11.7. The zero-order valence-electron chi connectivity index (χ0n) is 13.1. The van der Waals surface area contributed by atoms with Gasteiger partial charge in [0, 0.05) is 18.5 Å². The molecule has 2 heterocycles. The number of fused-ring (bicyclic) bond motifs is 1. The summed E-state index contributed by atoms with van der Waals surface area (Å²) in [4.78, 5) is 4.04. The smallest absolute Gasteiger partial charge is 0.237 e. The lowest BCUT2D eigenvalue weighted by Gasteiger charge is -1.97. The van der Waals surface area contributed by atoms with Crippen LogP contribution < -0.4 is 0 Å². The first kappa shape index (κ1) is 19.0. The molecule has 0 aliphatic carbocycles. The van der Waals surface area contributed by atoms with E-state index in [4.69, 9.17) is 0 Å². The number of nitrogens with zero attached hydrogens (tertiary/aromatic N) is 3. The average molecular weight is 295 g/mol. The summed E-state index contributed by atoms with van der Waals surface area (Å²) >= 11 is 0. The van der Waals surface area contributed by atoms with Gasteiger partial charge in [-0.25, -0.2) is 9.50 Å². The molecular weight excluding hydrogens is 272 g/mol. The van der Waals surface area contributed by atoms with Crippen LogP contribution in [-0.2, 0) is 0 Å². The van der Waals surface area contributed by atoms with Crippen LogP contribution in [0.5, 0.6) is 0 Å². The molecule has 0 spiro atoms. The topological polar surface area (TPSA) is 30.2 Å². The Morgan fingerprint density at radius 1 is 1.19 bits per heavy atom. The van der Waals surface area contributed by atoms with Crippen LogP contribution >= 0.6 is 0 Å². The minimum atomic E-state index is -1.55. The van der Waals surface area contributed by atoms with Crippen LogP contribution in [0.15, 0.2) is 54.5 Å². The van der Waals surface area contributed by atoms with Crippen molar-refractivity contribution < 1.29 is 8.78 Å². The van der Waals surface area contributed by atoms with Gasteiger partial charge in [0.2, 0.25) is 0 Å². The number of aromatic nitrogens is 3. The van der Waals surface area contributed by atoms with Crippen molar-refractivity contribution in [2.45, 2.75) is 40.5 Å². The Labute approximate surface area is 125 Å². The van der Waals surface area contributed by atoms with Crippen LogP contribution in [0.1, 0.15) is 40.5 Å². The average Bonchev–Trinajstić information content (AvgIpc) is 2.95. The lowest BCUT2D eigenvalue weighted by molar-refractivity contribution is 0.408. The number of halogens is 2. The van der Waals surface area contributed by atoms with E-state index in [2.05, 4.69) is 16.7 Å². The highest BCUT2D eigenvalue weighted by Crippen LogP contribution is 2.14. The largest absolute Gasteiger partial charge is 0.269 e. The molecule has 0 unspecified atom stereocenters. The van der Waals surface area contributed by atoms with Crippen molar-refractivity contribution in [2.24, 2.45) is 0 Å². The highest BCUT2D eigenvalue weighted by molar-refractivity contribution is 5.34. The van der Waals surface area contributed by atoms with Crippen LogP contribution in [0.3, 0.4) is 0 Å². The molecule has 0 radical (unpaired) electrons. The summed E-state index contributed by atoms with van der Waals surface area (Å²) in [5, 5.41) is 3.97. The Balaban J connectivity index is 0.000000341. The van der Waals surface area contributed by atoms with Gasteiger partial charge in [-0.1, -0.05) is 19.4 Å². The third kappa shape index (κ3) is 7.97. The molecule has 0 bridgehead atoms. The summed E-state index contributed by atoms with van der Waals surface area (Å²) in [5.74, 6) is 0. The maximum absolute atomic E-state index is 11.7. The van der Waals surface area contributed by atoms with Crippen molar-refractivity contribution >= 4 is 5.65 Å². The van der Waals surface area contributed by atoms with Gasteiger partial charge in [-0.05, 0) is 38.3 Å². The number of hydrogen-bond donors (Lipinski definition) is 0. The van der Waals surface area contributed by atoms with Gasteiger partial charge in [-0.3, -0.25) is 0 Å². The van der Waals surface area contributed by atoms with Gasteiger partial charge in [0.25, 0.3) is 6.08 Å². The lowest BCUT2D eigenvalue weighted by atomic mass is 10.1. The van der Waals surface area contributed by atoms with Gasteiger partial charge >= 0.3 is 0 Å². The van der Waals surface area contributed by atoms with Crippen molar-refractivity contribution in [3.05, 3.63) is 54.5 Å². The fourth-order valence-corrected chi connectivity index (χ4v) is 1.26. The van der Waals surface area contributed by atoms with Crippen molar-refractivity contribution in [1.82, 2.24) is 14.6 Å². The van der Waals surface area contributed by atoms with Crippen molar-refractivity contribution in [1.29, 1.82) is 0 Å². The molecule has 21 heavy (non-hydrogen) atoms. The van der Waals surface area contributed by atoms with Crippen LogP contribution in [0.4, 0.5) is 8.78 Å². The van der Waals surface area contributed by atoms with Crippen LogP contribution in [-0.4, -0.2) is 14.6 Å². The van der Waals surface area contributed by atoms with Gasteiger partial charge in [0.05, 0.1) is 6.20 Å². The summed E-state index contributed by atoms with van der Waals surface area (Å²) in [5.41, 5.74) is 2.00. The second-order valence-corrected chi connectivity index (χ2v) is 4.25. The van der Waals surface area contributed by atoms with E-state index in [1.165, 1.54) is 6.92 Å². The quantitative estimate of drug-likeness (QED) is 0.722. The molecule has 0 saturated carbocycles. The lowest BCUT2D eigenvalue weighted by Crippen LogP contribution is -1.85. The molecule has 0 atom stereocenters. The molecule has 0 fully saturated rings. The maximum Gasteiger partial charge on any atom is 0.269 e. The molecule has 0 N–H and O–H groups in total. The van der Waals surface area contributed by atoms with E-state index in [0.717, 1.165) is 11.2 Å². The molecule has 0 aromatic carbocycles. The van der Waals surface area contributed by atoms with E-state index in [9.17, 15) is 8.78 Å². The second-order valence-electron chi connectivity index (χ2n) is 4.25. The van der Waals surface area contributed by atoms with Crippen molar-refractivity contribution in [3.8, 4) is 0 Å². The molecule has 0 aliphatic heterocycles. The van der Waals surface area contributed by atoms with E-state index in [0.29, 0.717) is 12.8 Å². The molecule has 3 nitrogen and oxygen atoms in total. The summed E-state index contributed by atoms with van der Waals surface area (Å²) in [6.07, 6.45) is 4.86. The Kier molecular flexibility index (Phi) is 9.67. The Morgan fingerprint density at radius 3 is 2.38 bits per heavy atom. The van der Waals surface area contributed by atoms with E-state index in [-0.39, 0.29) is 5.57 Å². The summed E-state index contributed by atoms with van der Waals surface area (Å²) in [6.45, 7) is 10.9. The third-order valence-electron chi connectivity index (χ3n) is 2.42. The predicted molar refractivity (Wildman–Crippen MR) is 83.3 cm³/mol. The fraction of sp³-hybridized carbons (Fsp3) is 0.375. The molecule has 116 valence electrons. The van der Waals surface area contributed by atoms with Crippen molar-refractivity contribution in [3.63, 3.8) is 0 Å². The Morgan fingerprint density at radius 2 is 1.86 bits per heavy atom. The predicted octanol–water partition coefficient (Wildman–Crippen LogP) is 5.27. The first-order valence-corrected chi connectivity index (χ1v) is 6.90. The normalized spacial score (nSPS) is 9.05. The number of allylic oxidation sites excluding steroid dienone is 2. The molecule has 2 aromatic rings. The van der Waals surface area contributed by atoms with Gasteiger partial charge in [-0.2, -0.15) is 13.9 Å². The molecule has 2 rings (SSSR count). The van der Waals surface area contributed by atoms with Crippen LogP contribution in [0.2, 0.25) is 0 Å². The van der Waals surface area contributed by atoms with Crippen LogP contribution in [0, 0.1) is 0 Å². The van der Waals surface area contributed by atoms with Gasteiger partial charge in [0.15, 0.2) is 5.65 Å². The first-order valence-electron chi connectivity index (χ1n) is 6.90. The highest BCUT2D eigenvalue weighted by Gasteiger charge is 1.98. The van der Waals surface area contributed by atoms with Gasteiger partial charge < -0.3 is 0 Å². The monoisotopic (exact) mass is 295 g/mol. The third-order valence-corrected chi connectivity index (χ3v) is 2.42. The Hall–Kier alpha value is -2.04.